The maximum absolute atomic E-state index is 14.5. The number of likely N-dealkylation sites (N-methyl/N-ethyl adjacent to an activating group) is 1. The van der Waals surface area contributed by atoms with Gasteiger partial charge in [-0.2, -0.15) is 10.4 Å². The number of hydrogen-bond acceptors (Lipinski definition) is 8. The fraction of sp³-hybridized carbons (Fsp3) is 0.588. The van der Waals surface area contributed by atoms with Crippen LogP contribution in [0.5, 0.6) is 5.75 Å². The van der Waals surface area contributed by atoms with Gasteiger partial charge in [-0.1, -0.05) is 12.1 Å². The van der Waals surface area contributed by atoms with Crippen molar-refractivity contribution < 1.29 is 28.7 Å². The molecule has 4 amide bonds. The zero-order valence-corrected chi connectivity index (χ0v) is 26.5. The Kier molecular flexibility index (Phi) is 7.43. The Balaban J connectivity index is 1.13. The number of rotatable bonds is 8. The first kappa shape index (κ1) is 29.9. The van der Waals surface area contributed by atoms with Gasteiger partial charge in [-0.3, -0.25) is 24.1 Å². The molecule has 0 radical (unpaired) electrons. The van der Waals surface area contributed by atoms with E-state index in [2.05, 4.69) is 11.4 Å². The van der Waals surface area contributed by atoms with Gasteiger partial charge in [-0.25, -0.2) is 4.68 Å². The molecular weight excluding hydrogens is 602 g/mol. The number of benzene rings is 1. The van der Waals surface area contributed by atoms with Crippen LogP contribution in [0.2, 0.25) is 0 Å². The molecule has 0 bridgehead atoms. The van der Waals surface area contributed by atoms with Gasteiger partial charge in [-0.15, -0.1) is 0 Å². The smallest absolute Gasteiger partial charge is 0.276 e. The van der Waals surface area contributed by atoms with E-state index in [0.29, 0.717) is 73.5 Å². The van der Waals surface area contributed by atoms with Crippen LogP contribution in [0.4, 0.5) is 11.5 Å². The van der Waals surface area contributed by atoms with Crippen molar-refractivity contribution >= 4 is 35.1 Å². The van der Waals surface area contributed by atoms with E-state index in [1.54, 1.807) is 26.8 Å². The van der Waals surface area contributed by atoms with Crippen molar-refractivity contribution in [2.45, 2.75) is 82.0 Å². The number of nitriles is 1. The average molecular weight is 642 g/mol. The van der Waals surface area contributed by atoms with Crippen molar-refractivity contribution in [2.24, 2.45) is 11.8 Å². The zero-order valence-electron chi connectivity index (χ0n) is 26.5. The molecule has 8 rings (SSSR count). The number of anilines is 2. The molecule has 5 heterocycles. The van der Waals surface area contributed by atoms with Gasteiger partial charge in [0.05, 0.1) is 17.8 Å². The number of nitrogens with zero attached hydrogens (tertiary/aromatic N) is 6. The highest BCUT2D eigenvalue weighted by Crippen LogP contribution is 2.53. The molecule has 0 spiro atoms. The van der Waals surface area contributed by atoms with Crippen molar-refractivity contribution in [3.63, 3.8) is 0 Å². The first-order chi connectivity index (χ1) is 22.9. The summed E-state index contributed by atoms with van der Waals surface area (Å²) in [5.74, 6) is 0.198. The lowest BCUT2D eigenvalue weighted by Crippen LogP contribution is -2.56. The summed E-state index contributed by atoms with van der Waals surface area (Å²) in [6, 6.07) is 8.18. The van der Waals surface area contributed by atoms with E-state index in [0.717, 1.165) is 19.3 Å². The van der Waals surface area contributed by atoms with Gasteiger partial charge in [0.2, 0.25) is 5.91 Å². The second-order valence-electron chi connectivity index (χ2n) is 13.6. The zero-order chi connectivity index (χ0) is 32.4. The molecule has 0 unspecified atom stereocenters. The maximum Gasteiger partial charge on any atom is 0.276 e. The van der Waals surface area contributed by atoms with Crippen LogP contribution in [0, 0.1) is 23.2 Å². The van der Waals surface area contributed by atoms with E-state index < -0.39 is 18.0 Å². The van der Waals surface area contributed by atoms with Crippen LogP contribution in [-0.2, 0) is 19.1 Å². The highest BCUT2D eigenvalue weighted by atomic mass is 16.5. The number of hydrogen-bond donors (Lipinski definition) is 1. The quantitative estimate of drug-likeness (QED) is 0.462. The molecule has 1 aromatic heterocycles. The SMILES string of the molecule is CCN1C(=O)[C@@H](NC(=O)CCN2C(=O)COc3ccccc32)[C@@H](C2CC2)c2c(C(=O)N3[C@H](C#N)C[C@H]4C[C@H]43)nn(C3CCOCC3)c21. The molecule has 1 aromatic carbocycles. The third-order valence-corrected chi connectivity index (χ3v) is 10.8. The highest BCUT2D eigenvalue weighted by Gasteiger charge is 2.57. The van der Waals surface area contributed by atoms with Gasteiger partial charge >= 0.3 is 0 Å². The van der Waals surface area contributed by atoms with Crippen LogP contribution in [-0.4, -0.2) is 89.3 Å². The lowest BCUT2D eigenvalue weighted by Gasteiger charge is -2.39. The van der Waals surface area contributed by atoms with E-state index >= 15 is 0 Å². The summed E-state index contributed by atoms with van der Waals surface area (Å²) in [7, 11) is 0. The number of carbonyl (C=O) groups is 4. The highest BCUT2D eigenvalue weighted by molar-refractivity contribution is 6.06. The summed E-state index contributed by atoms with van der Waals surface area (Å²) in [6.07, 6.45) is 4.73. The lowest BCUT2D eigenvalue weighted by atomic mass is 9.82. The van der Waals surface area contributed by atoms with Gasteiger partial charge in [0.25, 0.3) is 17.7 Å². The average Bonchev–Trinajstić information content (AvgIpc) is 4.01. The van der Waals surface area contributed by atoms with Gasteiger partial charge in [0.15, 0.2) is 12.3 Å². The molecule has 2 aromatic rings. The van der Waals surface area contributed by atoms with E-state index in [1.807, 2.05) is 23.7 Å². The Bertz CT molecular complexity index is 1670. The van der Waals surface area contributed by atoms with Gasteiger partial charge < -0.3 is 24.6 Å². The molecule has 1 N–H and O–H groups in total. The summed E-state index contributed by atoms with van der Waals surface area (Å²) in [5.41, 5.74) is 1.63. The number of likely N-dealkylation sites (tertiary alicyclic amines) is 1. The number of ether oxygens (including phenoxy) is 2. The van der Waals surface area contributed by atoms with E-state index in [9.17, 15) is 24.4 Å². The van der Waals surface area contributed by atoms with Gasteiger partial charge in [-0.05, 0) is 69.4 Å². The molecule has 47 heavy (non-hydrogen) atoms. The second kappa shape index (κ2) is 11.7. The minimum Gasteiger partial charge on any atom is -0.482 e. The number of para-hydroxylation sites is 2. The number of carbonyl (C=O) groups excluding carboxylic acids is 4. The van der Waals surface area contributed by atoms with Crippen LogP contribution < -0.4 is 19.9 Å². The largest absolute Gasteiger partial charge is 0.482 e. The standard InChI is InChI=1S/C34H39N7O6/c1-2-38-32-29(31(37-41(32)21-10-13-46-14-11-21)34(45)40-22(17-35)15-20-16-24(20)40)28(19-7-8-19)30(33(38)44)36-26(42)9-12-39-23-5-3-4-6-25(23)47-18-27(39)43/h3-6,19-22,24,28,30H,2,7-16,18H2,1H3,(H,36,42)/t20-,22-,24+,28-,30-/m0/s1. The second-order valence-corrected chi connectivity index (χ2v) is 13.6. The van der Waals surface area contributed by atoms with Gasteiger partial charge in [0, 0.05) is 50.2 Å². The van der Waals surface area contributed by atoms with Crippen LogP contribution in [0.3, 0.4) is 0 Å². The third-order valence-electron chi connectivity index (χ3n) is 10.8. The maximum atomic E-state index is 14.5. The van der Waals surface area contributed by atoms with E-state index in [4.69, 9.17) is 14.6 Å². The topological polar surface area (TPSA) is 150 Å². The lowest BCUT2D eigenvalue weighted by molar-refractivity contribution is -0.128. The third kappa shape index (κ3) is 5.04. The molecule has 13 nitrogen and oxygen atoms in total. The van der Waals surface area contributed by atoms with Crippen molar-refractivity contribution in [2.75, 3.05) is 42.7 Å². The first-order valence-electron chi connectivity index (χ1n) is 16.9. The van der Waals surface area contributed by atoms with Crippen molar-refractivity contribution in [1.29, 1.82) is 5.26 Å². The Morgan fingerprint density at radius 3 is 2.60 bits per heavy atom. The van der Waals surface area contributed by atoms with E-state index in [-0.39, 0.29) is 61.2 Å². The fourth-order valence-electron chi connectivity index (χ4n) is 8.21. The van der Waals surface area contributed by atoms with E-state index in [1.165, 1.54) is 0 Å². The molecule has 2 aliphatic carbocycles. The minimum absolute atomic E-state index is 0.00591. The predicted octanol–water partition coefficient (Wildman–Crippen LogP) is 2.52. The molecule has 4 fully saturated rings. The molecular formula is C34H39N7O6. The van der Waals surface area contributed by atoms with Crippen LogP contribution >= 0.6 is 0 Å². The molecule has 2 saturated heterocycles. The number of piperidine rings is 1. The molecule has 5 atom stereocenters. The molecule has 4 aliphatic heterocycles. The molecule has 6 aliphatic rings. The Morgan fingerprint density at radius 2 is 1.85 bits per heavy atom. The summed E-state index contributed by atoms with van der Waals surface area (Å²) in [4.78, 5) is 60.1. The van der Waals surface area contributed by atoms with Crippen molar-refractivity contribution in [3.05, 3.63) is 35.5 Å². The molecule has 13 heteroatoms. The molecule has 2 saturated carbocycles. The van der Waals surface area contributed by atoms with Crippen LogP contribution in [0.1, 0.15) is 79.9 Å². The fourth-order valence-corrected chi connectivity index (χ4v) is 8.21. The van der Waals surface area contributed by atoms with Crippen molar-refractivity contribution in [1.82, 2.24) is 20.0 Å². The predicted molar refractivity (Wildman–Crippen MR) is 168 cm³/mol. The molecule has 246 valence electrons. The number of amides is 4. The van der Waals surface area contributed by atoms with Crippen LogP contribution in [0.15, 0.2) is 24.3 Å². The first-order valence-corrected chi connectivity index (χ1v) is 16.9. The summed E-state index contributed by atoms with van der Waals surface area (Å²) < 4.78 is 13.1. The Hall–Kier alpha value is -4.44. The van der Waals surface area contributed by atoms with Crippen LogP contribution in [0.25, 0.3) is 0 Å². The Morgan fingerprint density at radius 1 is 1.06 bits per heavy atom. The van der Waals surface area contributed by atoms with Crippen molar-refractivity contribution in [3.8, 4) is 11.8 Å². The van der Waals surface area contributed by atoms with Gasteiger partial charge in [0.1, 0.15) is 23.7 Å². The summed E-state index contributed by atoms with van der Waals surface area (Å²) >= 11 is 0. The number of fused-ring (bicyclic) bond motifs is 3. The normalized spacial score (nSPS) is 28.3. The monoisotopic (exact) mass is 641 g/mol. The Labute approximate surface area is 272 Å². The summed E-state index contributed by atoms with van der Waals surface area (Å²) in [6.45, 7) is 3.40. The number of nitrogens with one attached hydrogen (secondary N) is 1. The minimum atomic E-state index is -0.881. The number of aromatic nitrogens is 2. The summed E-state index contributed by atoms with van der Waals surface area (Å²) in [5, 5.41) is 18.0.